The monoisotopic (exact) mass is 530 g/mol. The molecule has 0 fully saturated rings. The lowest BCUT2D eigenvalue weighted by Crippen LogP contribution is -2.34. The van der Waals surface area contributed by atoms with Crippen molar-refractivity contribution in [1.29, 1.82) is 0 Å². The normalized spacial score (nSPS) is 11.1. The van der Waals surface area contributed by atoms with Crippen LogP contribution in [0.15, 0.2) is 96.0 Å². The Labute approximate surface area is 217 Å². The molecule has 1 aromatic heterocycles. The lowest BCUT2D eigenvalue weighted by atomic mass is 10.1. The van der Waals surface area contributed by atoms with E-state index in [2.05, 4.69) is 76.3 Å². The Morgan fingerprint density at radius 3 is 2.03 bits per heavy atom. The molecule has 0 spiro atoms. The third-order valence-corrected chi connectivity index (χ3v) is 6.65. The molecule has 0 amide bonds. The van der Waals surface area contributed by atoms with Gasteiger partial charge < -0.3 is 9.45 Å². The van der Waals surface area contributed by atoms with Crippen LogP contribution in [0.4, 0.5) is 5.69 Å². The number of alkyl halides is 2. The highest BCUT2D eigenvalue weighted by atomic mass is 35.5. The Bertz CT molecular complexity index is 1320. The largest absolute Gasteiger partial charge is 0.744 e. The van der Waals surface area contributed by atoms with Crippen LogP contribution in [0.3, 0.4) is 0 Å². The van der Waals surface area contributed by atoms with Crippen molar-refractivity contribution in [2.24, 2.45) is 0 Å². The number of para-hydroxylation sites is 1. The number of halogens is 2. The number of hydrogen-bond donors (Lipinski definition) is 0. The SMILES string of the molecule is Cc1ccc(S(=O)(=O)[O-])cc1.ClCCN(CCCl)c1ccc(C[n+]2cccc3ccccc32)cc1. The molecule has 0 aliphatic carbocycles. The van der Waals surface area contributed by atoms with Crippen molar-refractivity contribution in [2.75, 3.05) is 29.7 Å². The van der Waals surface area contributed by atoms with E-state index in [1.54, 1.807) is 12.1 Å². The van der Waals surface area contributed by atoms with Crippen molar-refractivity contribution in [1.82, 2.24) is 0 Å². The van der Waals surface area contributed by atoms with E-state index < -0.39 is 10.1 Å². The number of hydrogen-bond acceptors (Lipinski definition) is 4. The zero-order valence-electron chi connectivity index (χ0n) is 19.5. The molecule has 35 heavy (non-hydrogen) atoms. The molecule has 4 rings (SSSR count). The van der Waals surface area contributed by atoms with Gasteiger partial charge in [-0.25, -0.2) is 8.42 Å². The van der Waals surface area contributed by atoms with Gasteiger partial charge in [0.2, 0.25) is 5.52 Å². The molecule has 0 aliphatic heterocycles. The second kappa shape index (κ2) is 12.9. The summed E-state index contributed by atoms with van der Waals surface area (Å²) in [7, 11) is -4.27. The molecule has 0 saturated carbocycles. The Balaban J connectivity index is 0.000000261. The Morgan fingerprint density at radius 2 is 1.43 bits per heavy atom. The Kier molecular flexibility index (Phi) is 9.93. The first kappa shape index (κ1) is 27.0. The number of aryl methyl sites for hydroxylation is 1. The standard InChI is InChI=1S/C20H21Cl2N2.C7H8O3S/c21-11-14-23(15-12-22)19-9-7-17(8-10-19)16-24-13-3-5-18-4-1-2-6-20(18)24;1-6-2-4-7(5-3-6)11(8,9)10/h1-10,13H,11-12,14-16H2;2-5H,1H3,(H,8,9,10)/q+1;/p-1. The highest BCUT2D eigenvalue weighted by Crippen LogP contribution is 2.16. The minimum absolute atomic E-state index is 0.178. The van der Waals surface area contributed by atoms with E-state index in [4.69, 9.17) is 23.2 Å². The molecular formula is C27H28Cl2N2O3S. The molecule has 3 aromatic carbocycles. The first-order valence-electron chi connectivity index (χ1n) is 11.2. The first-order chi connectivity index (χ1) is 16.8. The van der Waals surface area contributed by atoms with Crippen molar-refractivity contribution in [3.8, 4) is 0 Å². The summed E-state index contributed by atoms with van der Waals surface area (Å²) in [5, 5.41) is 1.26. The fraction of sp³-hybridized carbons (Fsp3) is 0.222. The van der Waals surface area contributed by atoms with Gasteiger partial charge in [-0.2, -0.15) is 4.57 Å². The van der Waals surface area contributed by atoms with E-state index in [-0.39, 0.29) is 4.90 Å². The van der Waals surface area contributed by atoms with Gasteiger partial charge >= 0.3 is 0 Å². The highest BCUT2D eigenvalue weighted by molar-refractivity contribution is 7.85. The molecule has 0 saturated heterocycles. The van der Waals surface area contributed by atoms with Crippen LogP contribution in [0, 0.1) is 6.92 Å². The average Bonchev–Trinajstić information content (AvgIpc) is 2.85. The maximum Gasteiger partial charge on any atom is 0.212 e. The second-order valence-electron chi connectivity index (χ2n) is 7.99. The zero-order chi connectivity index (χ0) is 25.3. The number of rotatable bonds is 8. The quantitative estimate of drug-likeness (QED) is 0.175. The van der Waals surface area contributed by atoms with Gasteiger partial charge in [0.1, 0.15) is 10.1 Å². The molecule has 0 N–H and O–H groups in total. The van der Waals surface area contributed by atoms with Gasteiger partial charge in [0.15, 0.2) is 12.7 Å². The molecular weight excluding hydrogens is 503 g/mol. The lowest BCUT2D eigenvalue weighted by molar-refractivity contribution is -0.662. The van der Waals surface area contributed by atoms with Crippen LogP contribution >= 0.6 is 23.2 Å². The number of nitrogens with zero attached hydrogens (tertiary/aromatic N) is 2. The van der Waals surface area contributed by atoms with Crippen LogP contribution in [-0.2, 0) is 16.7 Å². The minimum atomic E-state index is -4.27. The summed E-state index contributed by atoms with van der Waals surface area (Å²) in [5.74, 6) is 1.20. The zero-order valence-corrected chi connectivity index (χ0v) is 21.8. The smallest absolute Gasteiger partial charge is 0.212 e. The van der Waals surface area contributed by atoms with Crippen LogP contribution in [0.2, 0.25) is 0 Å². The number of benzene rings is 3. The molecule has 1 heterocycles. The predicted molar refractivity (Wildman–Crippen MR) is 142 cm³/mol. The number of aromatic nitrogens is 1. The molecule has 5 nitrogen and oxygen atoms in total. The van der Waals surface area contributed by atoms with E-state index >= 15 is 0 Å². The third kappa shape index (κ3) is 7.94. The van der Waals surface area contributed by atoms with E-state index in [0.29, 0.717) is 11.8 Å². The molecule has 0 aliphatic rings. The Hall–Kier alpha value is -2.64. The fourth-order valence-corrected chi connectivity index (χ4v) is 4.52. The molecule has 0 unspecified atom stereocenters. The third-order valence-electron chi connectivity index (χ3n) is 5.46. The van der Waals surface area contributed by atoms with Crippen molar-refractivity contribution in [3.05, 3.63) is 102 Å². The summed E-state index contributed by atoms with van der Waals surface area (Å²) < 4.78 is 33.4. The van der Waals surface area contributed by atoms with E-state index in [1.165, 1.54) is 34.3 Å². The van der Waals surface area contributed by atoms with Gasteiger partial charge in [-0.1, -0.05) is 42.0 Å². The van der Waals surface area contributed by atoms with E-state index in [0.717, 1.165) is 25.2 Å². The van der Waals surface area contributed by atoms with Crippen LogP contribution in [0.1, 0.15) is 11.1 Å². The van der Waals surface area contributed by atoms with Crippen molar-refractivity contribution in [3.63, 3.8) is 0 Å². The molecule has 0 radical (unpaired) electrons. The summed E-state index contributed by atoms with van der Waals surface area (Å²) in [6.45, 7) is 4.30. The molecule has 8 heteroatoms. The van der Waals surface area contributed by atoms with Gasteiger partial charge in [0.05, 0.1) is 4.90 Å². The number of pyridine rings is 1. The van der Waals surface area contributed by atoms with E-state index in [1.807, 2.05) is 6.92 Å². The van der Waals surface area contributed by atoms with Crippen molar-refractivity contribution >= 4 is 49.9 Å². The summed E-state index contributed by atoms with van der Waals surface area (Å²) in [6.07, 6.45) is 2.13. The van der Waals surface area contributed by atoms with Crippen LogP contribution < -0.4 is 9.47 Å². The number of fused-ring (bicyclic) bond motifs is 1. The topological polar surface area (TPSA) is 64.3 Å². The first-order valence-corrected chi connectivity index (χ1v) is 13.6. The average molecular weight is 532 g/mol. The Morgan fingerprint density at radius 1 is 0.829 bits per heavy atom. The fourth-order valence-electron chi connectivity index (χ4n) is 3.65. The van der Waals surface area contributed by atoms with Crippen molar-refractivity contribution < 1.29 is 17.5 Å². The molecule has 0 bridgehead atoms. The van der Waals surface area contributed by atoms with Gasteiger partial charge in [0.25, 0.3) is 0 Å². The van der Waals surface area contributed by atoms with E-state index in [9.17, 15) is 13.0 Å². The minimum Gasteiger partial charge on any atom is -0.744 e. The second-order valence-corrected chi connectivity index (χ2v) is 10.1. The van der Waals surface area contributed by atoms with Gasteiger partial charge in [-0.15, -0.1) is 23.2 Å². The van der Waals surface area contributed by atoms with Crippen LogP contribution in [0.5, 0.6) is 0 Å². The lowest BCUT2D eigenvalue weighted by Gasteiger charge is -2.22. The maximum absolute atomic E-state index is 10.4. The number of anilines is 1. The van der Waals surface area contributed by atoms with Gasteiger partial charge in [0, 0.05) is 53.6 Å². The highest BCUT2D eigenvalue weighted by Gasteiger charge is 2.10. The van der Waals surface area contributed by atoms with Gasteiger partial charge in [-0.05, 0) is 43.3 Å². The van der Waals surface area contributed by atoms with Crippen LogP contribution in [0.25, 0.3) is 10.9 Å². The summed E-state index contributed by atoms with van der Waals surface area (Å²) in [4.78, 5) is 2.04. The van der Waals surface area contributed by atoms with Crippen LogP contribution in [-0.4, -0.2) is 37.8 Å². The summed E-state index contributed by atoms with van der Waals surface area (Å²) in [5.41, 5.74) is 4.62. The predicted octanol–water partition coefficient (Wildman–Crippen LogP) is 5.36. The summed E-state index contributed by atoms with van der Waals surface area (Å²) >= 11 is 11.8. The molecule has 0 atom stereocenters. The molecule has 184 valence electrons. The van der Waals surface area contributed by atoms with Gasteiger partial charge in [-0.3, -0.25) is 0 Å². The van der Waals surface area contributed by atoms with Crippen molar-refractivity contribution in [2.45, 2.75) is 18.4 Å². The molecule has 4 aromatic rings. The summed E-state index contributed by atoms with van der Waals surface area (Å²) in [6, 6.07) is 27.1. The maximum atomic E-state index is 10.4.